The van der Waals surface area contributed by atoms with Gasteiger partial charge < -0.3 is 20.6 Å². The summed E-state index contributed by atoms with van der Waals surface area (Å²) in [6.45, 7) is 2.44. The normalized spacial score (nSPS) is 22.7. The Morgan fingerprint density at radius 1 is 1.37 bits per heavy atom. The van der Waals surface area contributed by atoms with Gasteiger partial charge in [-0.3, -0.25) is 9.59 Å². The van der Waals surface area contributed by atoms with Crippen LogP contribution in [0.3, 0.4) is 0 Å². The highest BCUT2D eigenvalue weighted by Crippen LogP contribution is 2.33. The molecular weight excluding hydrogens is 250 g/mol. The monoisotopic (exact) mass is 271 g/mol. The van der Waals surface area contributed by atoms with Gasteiger partial charge in [0.25, 0.3) is 0 Å². The van der Waals surface area contributed by atoms with Crippen molar-refractivity contribution in [1.82, 2.24) is 15.5 Å². The zero-order chi connectivity index (χ0) is 14.5. The number of nitrogens with one attached hydrogen (secondary N) is 2. The van der Waals surface area contributed by atoms with Crippen molar-refractivity contribution in [2.75, 3.05) is 26.7 Å². The Balaban J connectivity index is 2.61. The first-order chi connectivity index (χ1) is 8.95. The van der Waals surface area contributed by atoms with Crippen molar-refractivity contribution in [2.24, 2.45) is 5.41 Å². The molecule has 108 valence electrons. The van der Waals surface area contributed by atoms with Gasteiger partial charge in [0.05, 0.1) is 12.0 Å². The first kappa shape index (κ1) is 15.3. The van der Waals surface area contributed by atoms with Gasteiger partial charge in [0, 0.05) is 20.1 Å². The highest BCUT2D eigenvalue weighted by Gasteiger charge is 2.42. The molecule has 1 aliphatic heterocycles. The highest BCUT2D eigenvalue weighted by molar-refractivity contribution is 5.84. The molecule has 7 nitrogen and oxygen atoms in total. The molecule has 0 aromatic rings. The first-order valence-electron chi connectivity index (χ1n) is 6.42. The van der Waals surface area contributed by atoms with Crippen LogP contribution in [0.5, 0.6) is 0 Å². The van der Waals surface area contributed by atoms with Gasteiger partial charge in [-0.1, -0.05) is 6.92 Å². The van der Waals surface area contributed by atoms with Crippen molar-refractivity contribution in [3.8, 4) is 0 Å². The lowest BCUT2D eigenvalue weighted by molar-refractivity contribution is -0.152. The van der Waals surface area contributed by atoms with Crippen molar-refractivity contribution in [2.45, 2.75) is 26.2 Å². The molecule has 3 amide bonds. The van der Waals surface area contributed by atoms with Crippen LogP contribution >= 0.6 is 0 Å². The highest BCUT2D eigenvalue weighted by atomic mass is 16.4. The molecular formula is C12H21N3O4. The van der Waals surface area contributed by atoms with Crippen molar-refractivity contribution in [3.05, 3.63) is 0 Å². The molecule has 1 heterocycles. The summed E-state index contributed by atoms with van der Waals surface area (Å²) in [7, 11) is 1.49. The predicted octanol–water partition coefficient (Wildman–Crippen LogP) is 0.0188. The molecule has 1 fully saturated rings. The fourth-order valence-corrected chi connectivity index (χ4v) is 2.28. The van der Waals surface area contributed by atoms with Gasteiger partial charge in [-0.15, -0.1) is 0 Å². The quantitative estimate of drug-likeness (QED) is 0.671. The summed E-state index contributed by atoms with van der Waals surface area (Å²) in [5.41, 5.74) is -0.859. The largest absolute Gasteiger partial charge is 0.481 e. The Bertz CT molecular complexity index is 372. The van der Waals surface area contributed by atoms with E-state index >= 15 is 0 Å². The van der Waals surface area contributed by atoms with Crippen LogP contribution in [0.2, 0.25) is 0 Å². The number of carbonyl (C=O) groups is 3. The third-order valence-electron chi connectivity index (χ3n) is 3.67. The van der Waals surface area contributed by atoms with Gasteiger partial charge in [0.15, 0.2) is 0 Å². The van der Waals surface area contributed by atoms with E-state index in [1.807, 2.05) is 6.92 Å². The van der Waals surface area contributed by atoms with Crippen LogP contribution in [0.15, 0.2) is 0 Å². The van der Waals surface area contributed by atoms with Crippen molar-refractivity contribution in [1.29, 1.82) is 0 Å². The van der Waals surface area contributed by atoms with E-state index in [2.05, 4.69) is 10.6 Å². The standard InChI is InChI=1S/C12H21N3O4/c1-3-12(10(17)18)5-4-6-15(8-12)11(19)14-7-9(16)13-2/h3-8H2,1-2H3,(H,13,16)(H,14,19)(H,17,18). The van der Waals surface area contributed by atoms with E-state index in [1.165, 1.54) is 11.9 Å². The van der Waals surface area contributed by atoms with Crippen molar-refractivity contribution in [3.63, 3.8) is 0 Å². The smallest absolute Gasteiger partial charge is 0.317 e. The minimum atomic E-state index is -0.862. The summed E-state index contributed by atoms with van der Waals surface area (Å²) in [6.07, 6.45) is 1.73. The number of aliphatic carboxylic acids is 1. The Kier molecular flexibility index (Phi) is 5.14. The molecule has 1 atom stereocenters. The van der Waals surface area contributed by atoms with E-state index in [4.69, 9.17) is 0 Å². The maximum absolute atomic E-state index is 11.9. The summed E-state index contributed by atoms with van der Waals surface area (Å²) in [4.78, 5) is 35.8. The molecule has 0 aromatic heterocycles. The fraction of sp³-hybridized carbons (Fsp3) is 0.750. The Morgan fingerprint density at radius 3 is 2.58 bits per heavy atom. The number of hydrogen-bond donors (Lipinski definition) is 3. The van der Waals surface area contributed by atoms with E-state index in [9.17, 15) is 19.5 Å². The van der Waals surface area contributed by atoms with Crippen LogP contribution in [0.4, 0.5) is 4.79 Å². The zero-order valence-corrected chi connectivity index (χ0v) is 11.4. The summed E-state index contributed by atoms with van der Waals surface area (Å²) in [5, 5.41) is 14.2. The summed E-state index contributed by atoms with van der Waals surface area (Å²) in [6, 6.07) is -0.387. The molecule has 1 aliphatic rings. The number of rotatable bonds is 4. The third-order valence-corrected chi connectivity index (χ3v) is 3.67. The van der Waals surface area contributed by atoms with Crippen molar-refractivity contribution < 1.29 is 19.5 Å². The number of amides is 3. The third kappa shape index (κ3) is 3.59. The maximum atomic E-state index is 11.9. The van der Waals surface area contributed by atoms with Crippen LogP contribution in [-0.2, 0) is 9.59 Å². The first-order valence-corrected chi connectivity index (χ1v) is 6.42. The average Bonchev–Trinajstić information content (AvgIpc) is 2.43. The SMILES string of the molecule is CCC1(C(=O)O)CCCN(C(=O)NCC(=O)NC)C1. The maximum Gasteiger partial charge on any atom is 0.317 e. The summed E-state index contributed by atoms with van der Waals surface area (Å²) in [5.74, 6) is -1.15. The number of carbonyl (C=O) groups excluding carboxylic acids is 2. The molecule has 0 spiro atoms. The molecule has 1 saturated heterocycles. The predicted molar refractivity (Wildman–Crippen MR) is 68.6 cm³/mol. The molecule has 0 bridgehead atoms. The van der Waals surface area contributed by atoms with Crippen molar-refractivity contribution >= 4 is 17.9 Å². The number of carboxylic acids is 1. The van der Waals surface area contributed by atoms with E-state index in [-0.39, 0.29) is 25.0 Å². The molecule has 0 aliphatic carbocycles. The van der Waals surface area contributed by atoms with E-state index < -0.39 is 11.4 Å². The van der Waals surface area contributed by atoms with Crippen LogP contribution in [0.1, 0.15) is 26.2 Å². The van der Waals surface area contributed by atoms with E-state index in [0.29, 0.717) is 25.8 Å². The molecule has 1 unspecified atom stereocenters. The second-order valence-corrected chi connectivity index (χ2v) is 4.80. The lowest BCUT2D eigenvalue weighted by Crippen LogP contribution is -2.53. The number of nitrogens with zero attached hydrogens (tertiary/aromatic N) is 1. The molecule has 0 radical (unpaired) electrons. The van der Waals surface area contributed by atoms with E-state index in [1.54, 1.807) is 0 Å². The van der Waals surface area contributed by atoms with Crippen LogP contribution in [-0.4, -0.2) is 54.6 Å². The Labute approximate surface area is 112 Å². The Hall–Kier alpha value is -1.79. The molecule has 0 aromatic carbocycles. The zero-order valence-electron chi connectivity index (χ0n) is 11.4. The second kappa shape index (κ2) is 6.40. The average molecular weight is 271 g/mol. The number of carboxylic acid groups (broad SMARTS) is 1. The topological polar surface area (TPSA) is 98.7 Å². The van der Waals surface area contributed by atoms with Crippen LogP contribution in [0.25, 0.3) is 0 Å². The number of piperidine rings is 1. The number of likely N-dealkylation sites (tertiary alicyclic amines) is 1. The number of likely N-dealkylation sites (N-methyl/N-ethyl adjacent to an activating group) is 1. The molecule has 0 saturated carbocycles. The number of urea groups is 1. The minimum absolute atomic E-state index is 0.0992. The summed E-state index contributed by atoms with van der Waals surface area (Å²) >= 11 is 0. The van der Waals surface area contributed by atoms with Crippen LogP contribution < -0.4 is 10.6 Å². The molecule has 1 rings (SSSR count). The Morgan fingerprint density at radius 2 is 2.05 bits per heavy atom. The van der Waals surface area contributed by atoms with Gasteiger partial charge in [-0.05, 0) is 19.3 Å². The van der Waals surface area contributed by atoms with Gasteiger partial charge >= 0.3 is 12.0 Å². The molecule has 19 heavy (non-hydrogen) atoms. The fourth-order valence-electron chi connectivity index (χ4n) is 2.28. The van der Waals surface area contributed by atoms with Crippen LogP contribution in [0, 0.1) is 5.41 Å². The minimum Gasteiger partial charge on any atom is -0.481 e. The second-order valence-electron chi connectivity index (χ2n) is 4.80. The lowest BCUT2D eigenvalue weighted by Gasteiger charge is -2.39. The van der Waals surface area contributed by atoms with Gasteiger partial charge in [-0.25, -0.2) is 4.79 Å². The molecule has 3 N–H and O–H groups in total. The van der Waals surface area contributed by atoms with Gasteiger partial charge in [-0.2, -0.15) is 0 Å². The number of hydrogen-bond acceptors (Lipinski definition) is 3. The van der Waals surface area contributed by atoms with Gasteiger partial charge in [0.2, 0.25) is 5.91 Å². The van der Waals surface area contributed by atoms with Gasteiger partial charge in [0.1, 0.15) is 0 Å². The van der Waals surface area contributed by atoms with E-state index in [0.717, 1.165) is 0 Å². The molecule has 7 heteroatoms. The lowest BCUT2D eigenvalue weighted by atomic mass is 9.78. The summed E-state index contributed by atoms with van der Waals surface area (Å²) < 4.78 is 0.